The zero-order chi connectivity index (χ0) is 28.3. The molecule has 2 aromatic heterocycles. The van der Waals surface area contributed by atoms with Gasteiger partial charge in [0.15, 0.2) is 0 Å². The Bertz CT molecular complexity index is 1460. The first-order valence-corrected chi connectivity index (χ1v) is 15.7. The molecule has 1 aliphatic heterocycles. The third-order valence-corrected chi connectivity index (χ3v) is 10.2. The summed E-state index contributed by atoms with van der Waals surface area (Å²) < 4.78 is 29.0. The van der Waals surface area contributed by atoms with Crippen LogP contribution in [0.15, 0.2) is 35.2 Å². The summed E-state index contributed by atoms with van der Waals surface area (Å²) in [4.78, 5) is 30.5. The van der Waals surface area contributed by atoms with E-state index in [0.717, 1.165) is 54.3 Å². The average molecular weight is 572 g/mol. The predicted molar refractivity (Wildman–Crippen MR) is 154 cm³/mol. The fraction of sp³-hybridized carbons (Fsp3) is 0.464. The van der Waals surface area contributed by atoms with Crippen molar-refractivity contribution in [2.24, 2.45) is 0 Å². The molecule has 0 unspecified atom stereocenters. The van der Waals surface area contributed by atoms with Crippen LogP contribution in [0.25, 0.3) is 0 Å². The van der Waals surface area contributed by atoms with Crippen molar-refractivity contribution in [2.45, 2.75) is 65.3 Å². The molecule has 0 radical (unpaired) electrons. The van der Waals surface area contributed by atoms with E-state index in [2.05, 4.69) is 22.2 Å². The first-order chi connectivity index (χ1) is 18.6. The van der Waals surface area contributed by atoms with Crippen LogP contribution >= 0.6 is 11.3 Å². The molecule has 0 atom stereocenters. The molecule has 0 spiro atoms. The normalized spacial score (nSPS) is 14.0. The lowest BCUT2D eigenvalue weighted by atomic mass is 10.0. The van der Waals surface area contributed by atoms with E-state index in [9.17, 15) is 18.0 Å². The van der Waals surface area contributed by atoms with Gasteiger partial charge in [-0.3, -0.25) is 14.5 Å². The minimum Gasteiger partial charge on any atom is -0.313 e. The molecule has 0 bridgehead atoms. The van der Waals surface area contributed by atoms with Crippen molar-refractivity contribution in [2.75, 3.05) is 31.5 Å². The number of fused-ring (bicyclic) bond motifs is 1. The van der Waals surface area contributed by atoms with E-state index in [1.165, 1.54) is 44.6 Å². The molecular weight excluding hydrogens is 534 g/mol. The van der Waals surface area contributed by atoms with Gasteiger partial charge >= 0.3 is 0 Å². The summed E-state index contributed by atoms with van der Waals surface area (Å²) in [6, 6.07) is 7.83. The number of likely N-dealkylation sites (N-methyl/N-ethyl adjacent to an activating group) is 1. The number of aromatic nitrogens is 2. The second-order valence-corrected chi connectivity index (χ2v) is 12.8. The summed E-state index contributed by atoms with van der Waals surface area (Å²) in [6.45, 7) is 12.9. The second kappa shape index (κ2) is 12.1. The fourth-order valence-electron chi connectivity index (χ4n) is 4.87. The number of nitrogens with one attached hydrogen (secondary N) is 1. The quantitative estimate of drug-likeness (QED) is 0.379. The van der Waals surface area contributed by atoms with Crippen LogP contribution in [0.3, 0.4) is 0 Å². The molecule has 39 heavy (non-hydrogen) atoms. The van der Waals surface area contributed by atoms with Crippen molar-refractivity contribution in [3.63, 3.8) is 0 Å². The van der Waals surface area contributed by atoms with Crippen LogP contribution in [-0.2, 0) is 23.0 Å². The molecular formula is C28H37N5O4S2. The van der Waals surface area contributed by atoms with Gasteiger partial charge in [0.25, 0.3) is 11.8 Å². The van der Waals surface area contributed by atoms with Crippen molar-refractivity contribution in [3.05, 3.63) is 63.3 Å². The summed E-state index contributed by atoms with van der Waals surface area (Å²) in [5.41, 5.74) is 3.25. The van der Waals surface area contributed by atoms with Crippen LogP contribution in [-0.4, -0.2) is 65.4 Å². The largest absolute Gasteiger partial charge is 0.313 e. The Morgan fingerprint density at radius 2 is 1.85 bits per heavy atom. The fourth-order valence-corrected chi connectivity index (χ4v) is 7.63. The van der Waals surface area contributed by atoms with Crippen LogP contribution in [0.2, 0.25) is 0 Å². The molecule has 0 fully saturated rings. The molecule has 11 heteroatoms. The Labute approximate surface area is 234 Å². The zero-order valence-corrected chi connectivity index (χ0v) is 24.9. The van der Waals surface area contributed by atoms with Gasteiger partial charge < -0.3 is 5.32 Å². The monoisotopic (exact) mass is 571 g/mol. The Morgan fingerprint density at radius 1 is 1.13 bits per heavy atom. The van der Waals surface area contributed by atoms with Gasteiger partial charge in [0, 0.05) is 42.3 Å². The van der Waals surface area contributed by atoms with Crippen LogP contribution in [0, 0.1) is 13.8 Å². The molecule has 0 saturated heterocycles. The topological polar surface area (TPSA) is 105 Å². The molecule has 1 N–H and O–H groups in total. The number of aryl methyl sites for hydroxylation is 2. The lowest BCUT2D eigenvalue weighted by Crippen LogP contribution is -2.31. The Kier molecular flexibility index (Phi) is 9.05. The average Bonchev–Trinajstić information content (AvgIpc) is 3.46. The predicted octanol–water partition coefficient (Wildman–Crippen LogP) is 4.69. The number of hydrogen-bond acceptors (Lipinski definition) is 7. The minimum absolute atomic E-state index is 0.156. The van der Waals surface area contributed by atoms with E-state index in [1.807, 2.05) is 33.8 Å². The van der Waals surface area contributed by atoms with Gasteiger partial charge in [0.1, 0.15) is 5.00 Å². The Morgan fingerprint density at radius 3 is 2.44 bits per heavy atom. The van der Waals surface area contributed by atoms with Crippen LogP contribution in [0.5, 0.6) is 0 Å². The number of rotatable bonds is 10. The van der Waals surface area contributed by atoms with Crippen LogP contribution in [0.1, 0.15) is 76.2 Å². The maximum Gasteiger partial charge on any atom is 0.281 e. The number of benzene rings is 1. The lowest BCUT2D eigenvalue weighted by Gasteiger charge is -2.25. The summed E-state index contributed by atoms with van der Waals surface area (Å²) in [5, 5.41) is 7.83. The zero-order valence-electron chi connectivity index (χ0n) is 23.3. The smallest absolute Gasteiger partial charge is 0.281 e. The van der Waals surface area contributed by atoms with Gasteiger partial charge in [-0.05, 0) is 69.1 Å². The van der Waals surface area contributed by atoms with E-state index < -0.39 is 15.9 Å². The number of nitrogens with zero attached hydrogens (tertiary/aromatic N) is 4. The highest BCUT2D eigenvalue weighted by Gasteiger charge is 2.30. The maximum atomic E-state index is 13.7. The molecule has 4 rings (SSSR count). The van der Waals surface area contributed by atoms with Gasteiger partial charge in [-0.2, -0.15) is 9.40 Å². The van der Waals surface area contributed by atoms with Gasteiger partial charge in [-0.1, -0.05) is 27.2 Å². The number of carbonyl (C=O) groups excluding carboxylic acids is 2. The standard InChI is InChI=1S/C28H37N5O4S2/c1-6-9-15-32(8-3)39(36,37)22-12-10-21(11-13-22)26(34)29-27-25(28(35)33-20(5)17-19(4)30-33)23-14-16-31(7-2)18-24(23)38-27/h10-13,17H,6-9,14-16,18H2,1-5H3,(H,29,34). The van der Waals surface area contributed by atoms with E-state index in [0.29, 0.717) is 35.6 Å². The number of sulfonamides is 1. The highest BCUT2D eigenvalue weighted by molar-refractivity contribution is 7.89. The van der Waals surface area contributed by atoms with E-state index in [1.54, 1.807) is 0 Å². The number of thiophene rings is 1. The molecule has 9 nitrogen and oxygen atoms in total. The van der Waals surface area contributed by atoms with Gasteiger partial charge in [0.05, 0.1) is 16.2 Å². The molecule has 1 amide bonds. The van der Waals surface area contributed by atoms with Gasteiger partial charge in [0.2, 0.25) is 10.0 Å². The van der Waals surface area contributed by atoms with Crippen LogP contribution < -0.4 is 5.32 Å². The number of carbonyl (C=O) groups is 2. The van der Waals surface area contributed by atoms with Crippen molar-refractivity contribution in [1.82, 2.24) is 19.0 Å². The minimum atomic E-state index is -3.64. The SMILES string of the molecule is CCCCN(CC)S(=O)(=O)c1ccc(C(=O)Nc2sc3c(c2C(=O)n2nc(C)cc2C)CCN(CC)C3)cc1. The third kappa shape index (κ3) is 6.01. The number of unbranched alkanes of at least 4 members (excludes halogenated alkanes) is 1. The number of amides is 1. The van der Waals surface area contributed by atoms with E-state index in [4.69, 9.17) is 0 Å². The van der Waals surface area contributed by atoms with Gasteiger partial charge in [-0.15, -0.1) is 11.3 Å². The Balaban J connectivity index is 1.63. The summed E-state index contributed by atoms with van der Waals surface area (Å²) >= 11 is 1.42. The third-order valence-electron chi connectivity index (χ3n) is 7.09. The molecule has 3 heterocycles. The first kappa shape index (κ1) is 29.1. The maximum absolute atomic E-state index is 13.7. The molecule has 0 aliphatic carbocycles. The molecule has 0 saturated carbocycles. The van der Waals surface area contributed by atoms with E-state index >= 15 is 0 Å². The molecule has 1 aromatic carbocycles. The molecule has 3 aromatic rings. The van der Waals surface area contributed by atoms with Crippen molar-refractivity contribution >= 4 is 38.2 Å². The van der Waals surface area contributed by atoms with Gasteiger partial charge in [-0.25, -0.2) is 13.1 Å². The summed E-state index contributed by atoms with van der Waals surface area (Å²) in [7, 11) is -3.64. The first-order valence-electron chi connectivity index (χ1n) is 13.5. The lowest BCUT2D eigenvalue weighted by molar-refractivity contribution is 0.0942. The number of anilines is 1. The van der Waals surface area contributed by atoms with Crippen LogP contribution in [0.4, 0.5) is 5.00 Å². The molecule has 210 valence electrons. The van der Waals surface area contributed by atoms with Crippen molar-refractivity contribution in [3.8, 4) is 0 Å². The summed E-state index contributed by atoms with van der Waals surface area (Å²) in [6.07, 6.45) is 2.40. The second-order valence-electron chi connectivity index (χ2n) is 9.80. The van der Waals surface area contributed by atoms with Crippen molar-refractivity contribution in [1.29, 1.82) is 0 Å². The van der Waals surface area contributed by atoms with Crippen molar-refractivity contribution < 1.29 is 18.0 Å². The highest BCUT2D eigenvalue weighted by Crippen LogP contribution is 2.38. The van der Waals surface area contributed by atoms with E-state index in [-0.39, 0.29) is 10.8 Å². The summed E-state index contributed by atoms with van der Waals surface area (Å²) in [5.74, 6) is -0.655. The molecule has 1 aliphatic rings. The Hall–Kier alpha value is -2.86. The number of hydrogen-bond donors (Lipinski definition) is 1. The highest BCUT2D eigenvalue weighted by atomic mass is 32.2.